The maximum Gasteiger partial charge on any atom is 0.282 e. The summed E-state index contributed by atoms with van der Waals surface area (Å²) < 4.78 is 1.15. The molecule has 0 amide bonds. The smallest absolute Gasteiger partial charge is 0.282 e. The number of thiazole rings is 1. The summed E-state index contributed by atoms with van der Waals surface area (Å²) in [6, 6.07) is 22.8. The number of benzene rings is 2. The molecule has 27 heavy (non-hydrogen) atoms. The minimum atomic E-state index is -0.252. The molecule has 0 aliphatic heterocycles. The molecule has 1 atom stereocenters. The lowest BCUT2D eigenvalue weighted by Gasteiger charge is -1.95. The van der Waals surface area contributed by atoms with E-state index in [1.165, 1.54) is 4.90 Å². The number of aromatic nitrogens is 1. The van der Waals surface area contributed by atoms with Crippen LogP contribution in [0.25, 0.3) is 26.7 Å². The molecular formula is C21H18N3S3+. The first-order chi connectivity index (χ1) is 13.2. The molecule has 0 saturated carbocycles. The number of rotatable bonds is 5. The Hall–Kier alpha value is -2.41. The van der Waals surface area contributed by atoms with Crippen LogP contribution < -0.4 is 5.73 Å². The predicted octanol–water partition coefficient (Wildman–Crippen LogP) is 6.22. The number of thioether (sulfide) groups is 1. The molecule has 6 heteroatoms. The second kappa shape index (κ2) is 7.68. The molecule has 0 bridgehead atoms. The monoisotopic (exact) mass is 408 g/mol. The summed E-state index contributed by atoms with van der Waals surface area (Å²) in [5.74, 6) is 0.107. The van der Waals surface area contributed by atoms with Gasteiger partial charge in [-0.1, -0.05) is 48.5 Å². The molecule has 2 aromatic carbocycles. The van der Waals surface area contributed by atoms with Gasteiger partial charge in [0.1, 0.15) is 11.5 Å². The zero-order valence-corrected chi connectivity index (χ0v) is 17.1. The maximum atomic E-state index is 7.81. The summed E-state index contributed by atoms with van der Waals surface area (Å²) in [6.45, 7) is 0. The van der Waals surface area contributed by atoms with E-state index >= 15 is 0 Å². The third-order valence-corrected chi connectivity index (χ3v) is 8.38. The van der Waals surface area contributed by atoms with Crippen LogP contribution in [0, 0.1) is 5.41 Å². The Morgan fingerprint density at radius 2 is 1.74 bits per heavy atom. The van der Waals surface area contributed by atoms with Crippen molar-refractivity contribution < 1.29 is 0 Å². The average molecular weight is 409 g/mol. The number of nitrogen functional groups attached to an aromatic ring is 1. The van der Waals surface area contributed by atoms with Gasteiger partial charge in [0.15, 0.2) is 10.3 Å². The molecule has 0 aliphatic carbocycles. The second-order valence-electron chi connectivity index (χ2n) is 5.87. The molecule has 0 spiro atoms. The van der Waals surface area contributed by atoms with Gasteiger partial charge in [0.2, 0.25) is 0 Å². The van der Waals surface area contributed by atoms with Gasteiger partial charge in [-0.15, -0.1) is 23.1 Å². The Kier molecular flexibility index (Phi) is 5.11. The quantitative estimate of drug-likeness (QED) is 0.178. The molecule has 0 fully saturated rings. The van der Waals surface area contributed by atoms with E-state index in [9.17, 15) is 0 Å². The molecular weight excluding hydrogens is 390 g/mol. The molecule has 3 N–H and O–H groups in total. The van der Waals surface area contributed by atoms with Crippen molar-refractivity contribution in [2.45, 2.75) is 4.21 Å². The number of amidine groups is 1. The highest BCUT2D eigenvalue weighted by molar-refractivity contribution is 8.00. The number of hydrogen-bond donors (Lipinski definition) is 2. The third-order valence-electron chi connectivity index (χ3n) is 4.11. The number of nitrogens with one attached hydrogen (secondary N) is 1. The Labute approximate surface area is 169 Å². The van der Waals surface area contributed by atoms with Crippen molar-refractivity contribution in [1.29, 1.82) is 5.41 Å². The highest BCUT2D eigenvalue weighted by Crippen LogP contribution is 2.48. The Morgan fingerprint density at radius 1 is 1.07 bits per heavy atom. The van der Waals surface area contributed by atoms with Gasteiger partial charge in [0.25, 0.3) is 5.01 Å². The van der Waals surface area contributed by atoms with Crippen molar-refractivity contribution in [3.05, 3.63) is 77.0 Å². The summed E-state index contributed by atoms with van der Waals surface area (Å²) in [6.07, 6.45) is 2.06. The van der Waals surface area contributed by atoms with Crippen LogP contribution in [-0.2, 0) is 0 Å². The van der Waals surface area contributed by atoms with Crippen LogP contribution in [0.15, 0.2) is 76.3 Å². The fraction of sp³-hybridized carbons (Fsp3) is 0.0476. The first kappa shape index (κ1) is 18.0. The maximum absolute atomic E-state index is 7.81. The summed E-state index contributed by atoms with van der Waals surface area (Å²) in [4.78, 5) is 7.07. The van der Waals surface area contributed by atoms with E-state index in [0.717, 1.165) is 30.9 Å². The lowest BCUT2D eigenvalue weighted by Crippen LogP contribution is -2.08. The van der Waals surface area contributed by atoms with Crippen LogP contribution in [0.5, 0.6) is 0 Å². The molecule has 1 unspecified atom stereocenters. The first-order valence-electron chi connectivity index (χ1n) is 8.34. The second-order valence-corrected chi connectivity index (χ2v) is 9.76. The molecule has 4 aromatic rings. The van der Waals surface area contributed by atoms with E-state index in [-0.39, 0.29) is 16.3 Å². The summed E-state index contributed by atoms with van der Waals surface area (Å²) in [5.41, 5.74) is 8.96. The van der Waals surface area contributed by atoms with Gasteiger partial charge in [-0.2, -0.15) is 4.98 Å². The van der Waals surface area contributed by atoms with Gasteiger partial charge in [-0.05, 0) is 24.5 Å². The summed E-state index contributed by atoms with van der Waals surface area (Å²) in [5, 5.41) is 11.1. The van der Waals surface area contributed by atoms with Crippen molar-refractivity contribution in [2.24, 2.45) is 5.73 Å². The van der Waals surface area contributed by atoms with Crippen molar-refractivity contribution in [2.75, 3.05) is 6.26 Å². The van der Waals surface area contributed by atoms with Gasteiger partial charge in [0.05, 0.1) is 14.6 Å². The van der Waals surface area contributed by atoms with Crippen LogP contribution >= 0.6 is 33.6 Å². The van der Waals surface area contributed by atoms with E-state index in [1.54, 1.807) is 23.1 Å². The zero-order valence-electron chi connectivity index (χ0n) is 14.7. The van der Waals surface area contributed by atoms with E-state index in [4.69, 9.17) is 16.1 Å². The molecule has 134 valence electrons. The number of nitrogens with two attached hydrogens (primary N) is 1. The van der Waals surface area contributed by atoms with Gasteiger partial charge in [-0.3, -0.25) is 5.41 Å². The van der Waals surface area contributed by atoms with Crippen molar-refractivity contribution in [1.82, 2.24) is 4.98 Å². The van der Waals surface area contributed by atoms with Crippen LogP contribution in [0.2, 0.25) is 0 Å². The van der Waals surface area contributed by atoms with Crippen LogP contribution in [0.4, 0.5) is 0 Å². The minimum Gasteiger partial charge on any atom is -0.383 e. The van der Waals surface area contributed by atoms with E-state index in [0.29, 0.717) is 0 Å². The Morgan fingerprint density at radius 3 is 2.37 bits per heavy atom. The predicted molar refractivity (Wildman–Crippen MR) is 120 cm³/mol. The van der Waals surface area contributed by atoms with Gasteiger partial charge in [-0.25, -0.2) is 0 Å². The molecule has 2 aromatic heterocycles. The van der Waals surface area contributed by atoms with Crippen molar-refractivity contribution in [3.63, 3.8) is 0 Å². The van der Waals surface area contributed by atoms with Crippen LogP contribution in [0.1, 0.15) is 4.88 Å². The third kappa shape index (κ3) is 3.56. The lowest BCUT2D eigenvalue weighted by atomic mass is 10.2. The molecule has 2 heterocycles. The number of hydrogen-bond acceptors (Lipinski definition) is 4. The molecule has 3 nitrogen and oxygen atoms in total. The first-order valence-corrected chi connectivity index (χ1v) is 11.7. The molecule has 0 radical (unpaired) electrons. The topological polar surface area (TPSA) is 62.8 Å². The lowest BCUT2D eigenvalue weighted by molar-refractivity contribution is 1.39. The summed E-state index contributed by atoms with van der Waals surface area (Å²) >= 11 is 3.24. The van der Waals surface area contributed by atoms with E-state index in [2.05, 4.69) is 48.0 Å². The van der Waals surface area contributed by atoms with Gasteiger partial charge in [0, 0.05) is 16.0 Å². The van der Waals surface area contributed by atoms with E-state index in [1.807, 2.05) is 30.3 Å². The molecule has 4 rings (SSSR count). The van der Waals surface area contributed by atoms with Crippen LogP contribution in [0.3, 0.4) is 0 Å². The highest BCUT2D eigenvalue weighted by Gasteiger charge is 2.28. The van der Waals surface area contributed by atoms with Gasteiger partial charge < -0.3 is 5.73 Å². The molecule has 0 aliphatic rings. The fourth-order valence-corrected chi connectivity index (χ4v) is 6.61. The normalized spacial score (nSPS) is 11.5. The van der Waals surface area contributed by atoms with Gasteiger partial charge >= 0.3 is 0 Å². The van der Waals surface area contributed by atoms with Crippen molar-refractivity contribution >= 4 is 39.4 Å². The molecule has 0 saturated heterocycles. The fourth-order valence-electron chi connectivity index (χ4n) is 2.83. The van der Waals surface area contributed by atoms with Crippen LogP contribution in [-0.4, -0.2) is 17.1 Å². The standard InChI is InChI=1S/C21H18N3S3/c1-25-21-16(12-18(26-21)19(22)23)20-24-17(14-8-4-2-5-9-14)13-27(20)15-10-6-3-7-11-15/h2-13H,1H3,(H3,22,23)/q+1. The minimum absolute atomic E-state index is 0.107. The number of thiophene rings is 1. The largest absolute Gasteiger partial charge is 0.383 e. The van der Waals surface area contributed by atoms with Crippen molar-refractivity contribution in [3.8, 4) is 26.7 Å². The average Bonchev–Trinajstić information content (AvgIpc) is 3.33. The highest BCUT2D eigenvalue weighted by atomic mass is 32.2. The SMILES string of the molecule is CSc1sc(C(=N)N)cc1-c1nc(-c2ccccc2)c[s+]1-c1ccccc1. The summed E-state index contributed by atoms with van der Waals surface area (Å²) in [7, 11) is -0.252. The Bertz CT molecular complexity index is 1080. The van der Waals surface area contributed by atoms with E-state index < -0.39 is 0 Å². The Balaban J connectivity index is 1.94. The zero-order chi connectivity index (χ0) is 18.8. The number of nitrogens with zero attached hydrogens (tertiary/aromatic N) is 1.